The van der Waals surface area contributed by atoms with E-state index in [9.17, 15) is 4.79 Å². The molecule has 0 radical (unpaired) electrons. The Bertz CT molecular complexity index is 352. The van der Waals surface area contributed by atoms with Gasteiger partial charge < -0.3 is 10.8 Å². The number of aromatic amines is 1. The summed E-state index contributed by atoms with van der Waals surface area (Å²) in [6, 6.07) is 0. The molecule has 0 bridgehead atoms. The first-order valence-electron chi connectivity index (χ1n) is 4.63. The Morgan fingerprint density at radius 3 is 3.00 bits per heavy atom. The van der Waals surface area contributed by atoms with E-state index in [0.717, 1.165) is 12.8 Å². The summed E-state index contributed by atoms with van der Waals surface area (Å²) in [5, 5.41) is 16.0. The first kappa shape index (κ1) is 10.4. The molecule has 0 saturated heterocycles. The molecular formula is C8H12N4O2S. The minimum absolute atomic E-state index is 0.102. The highest BCUT2D eigenvalue weighted by atomic mass is 32.2. The summed E-state index contributed by atoms with van der Waals surface area (Å²) < 4.78 is 0. The van der Waals surface area contributed by atoms with E-state index in [2.05, 4.69) is 15.2 Å². The van der Waals surface area contributed by atoms with Gasteiger partial charge in [-0.3, -0.25) is 9.89 Å². The zero-order valence-corrected chi connectivity index (χ0v) is 8.83. The van der Waals surface area contributed by atoms with Gasteiger partial charge in [0.25, 0.3) is 0 Å². The number of aliphatic carboxylic acids is 1. The Morgan fingerprint density at radius 2 is 2.53 bits per heavy atom. The highest BCUT2D eigenvalue weighted by Crippen LogP contribution is 2.40. The van der Waals surface area contributed by atoms with Crippen molar-refractivity contribution < 1.29 is 9.90 Å². The van der Waals surface area contributed by atoms with E-state index in [-0.39, 0.29) is 5.92 Å². The van der Waals surface area contributed by atoms with Crippen molar-refractivity contribution in [3.63, 3.8) is 0 Å². The van der Waals surface area contributed by atoms with Gasteiger partial charge in [0.05, 0.1) is 0 Å². The molecule has 0 aromatic carbocycles. The number of hydrogen-bond acceptors (Lipinski definition) is 5. The number of aromatic nitrogens is 3. The molecule has 1 saturated carbocycles. The predicted octanol–water partition coefficient (Wildman–Crippen LogP) is 0.0889. The number of rotatable bonds is 5. The second-order valence-corrected chi connectivity index (χ2v) is 4.66. The molecule has 1 atom stereocenters. The standard InChI is InChI=1S/C8H12N4O2S/c9-8(6(13)14,5-1-2-5)3-15-7-10-4-11-12-7/h4-5H,1-3,9H2,(H,13,14)(H,10,11,12). The quantitative estimate of drug-likeness (QED) is 0.617. The van der Waals surface area contributed by atoms with Gasteiger partial charge in [0.2, 0.25) is 0 Å². The van der Waals surface area contributed by atoms with Crippen molar-refractivity contribution in [2.45, 2.75) is 23.5 Å². The molecule has 1 unspecified atom stereocenters. The van der Waals surface area contributed by atoms with Gasteiger partial charge >= 0.3 is 5.97 Å². The van der Waals surface area contributed by atoms with E-state index in [0.29, 0.717) is 10.9 Å². The fraction of sp³-hybridized carbons (Fsp3) is 0.625. The third kappa shape index (κ3) is 2.13. The molecule has 0 spiro atoms. The number of nitrogens with two attached hydrogens (primary N) is 1. The number of nitrogens with zero attached hydrogens (tertiary/aromatic N) is 2. The second kappa shape index (κ2) is 3.82. The fourth-order valence-electron chi connectivity index (χ4n) is 1.40. The molecule has 1 heterocycles. The summed E-state index contributed by atoms with van der Waals surface area (Å²) in [7, 11) is 0. The average Bonchev–Trinajstić information content (AvgIpc) is 2.93. The van der Waals surface area contributed by atoms with Gasteiger partial charge in [-0.25, -0.2) is 4.98 Å². The molecule has 1 aliphatic carbocycles. The van der Waals surface area contributed by atoms with E-state index in [4.69, 9.17) is 10.8 Å². The topological polar surface area (TPSA) is 105 Å². The van der Waals surface area contributed by atoms with Crippen molar-refractivity contribution in [3.8, 4) is 0 Å². The maximum Gasteiger partial charge on any atom is 0.324 e. The van der Waals surface area contributed by atoms with Gasteiger partial charge in [-0.2, -0.15) is 5.10 Å². The zero-order chi connectivity index (χ0) is 10.9. The number of nitrogens with one attached hydrogen (secondary N) is 1. The van der Waals surface area contributed by atoms with Gasteiger partial charge in [-0.1, -0.05) is 11.8 Å². The highest BCUT2D eigenvalue weighted by Gasteiger charge is 2.48. The van der Waals surface area contributed by atoms with Crippen LogP contribution in [0.4, 0.5) is 0 Å². The van der Waals surface area contributed by atoms with E-state index in [1.165, 1.54) is 18.1 Å². The maximum absolute atomic E-state index is 11.1. The van der Waals surface area contributed by atoms with Crippen LogP contribution >= 0.6 is 11.8 Å². The van der Waals surface area contributed by atoms with Crippen molar-refractivity contribution in [3.05, 3.63) is 6.33 Å². The lowest BCUT2D eigenvalue weighted by Gasteiger charge is -2.23. The molecule has 4 N–H and O–H groups in total. The van der Waals surface area contributed by atoms with Crippen LogP contribution in [0.15, 0.2) is 11.5 Å². The van der Waals surface area contributed by atoms with Crippen molar-refractivity contribution in [2.24, 2.45) is 11.7 Å². The molecule has 1 fully saturated rings. The lowest BCUT2D eigenvalue weighted by Crippen LogP contribution is -2.52. The second-order valence-electron chi connectivity index (χ2n) is 3.70. The summed E-state index contributed by atoms with van der Waals surface area (Å²) in [5.41, 5.74) is 4.75. The van der Waals surface area contributed by atoms with Gasteiger partial charge in [0.15, 0.2) is 5.16 Å². The zero-order valence-electron chi connectivity index (χ0n) is 8.01. The molecule has 1 aliphatic rings. The number of carboxylic acid groups (broad SMARTS) is 1. The molecular weight excluding hydrogens is 216 g/mol. The molecule has 0 aliphatic heterocycles. The van der Waals surface area contributed by atoms with E-state index in [1.807, 2.05) is 0 Å². The number of carbonyl (C=O) groups is 1. The number of hydrogen-bond donors (Lipinski definition) is 3. The lowest BCUT2D eigenvalue weighted by atomic mass is 9.98. The molecule has 0 amide bonds. The highest BCUT2D eigenvalue weighted by molar-refractivity contribution is 7.99. The van der Waals surface area contributed by atoms with Crippen LogP contribution in [-0.4, -0.2) is 37.5 Å². The molecule has 82 valence electrons. The Balaban J connectivity index is 1.98. The molecule has 1 aromatic heterocycles. The van der Waals surface area contributed by atoms with Crippen LogP contribution in [0.2, 0.25) is 0 Å². The maximum atomic E-state index is 11.1. The SMILES string of the molecule is NC(CSc1ncn[nH]1)(C(=O)O)C1CC1. The Morgan fingerprint density at radius 1 is 1.80 bits per heavy atom. The molecule has 2 rings (SSSR count). The predicted molar refractivity (Wildman–Crippen MR) is 54.4 cm³/mol. The van der Waals surface area contributed by atoms with Gasteiger partial charge in [-0.05, 0) is 18.8 Å². The van der Waals surface area contributed by atoms with Crippen LogP contribution in [0.5, 0.6) is 0 Å². The number of H-pyrrole nitrogens is 1. The summed E-state index contributed by atoms with van der Waals surface area (Å²) in [6.07, 6.45) is 3.19. The lowest BCUT2D eigenvalue weighted by molar-refractivity contribution is -0.143. The summed E-state index contributed by atoms with van der Waals surface area (Å²) in [5.74, 6) is -0.509. The minimum atomic E-state index is -1.13. The van der Waals surface area contributed by atoms with E-state index >= 15 is 0 Å². The summed E-state index contributed by atoms with van der Waals surface area (Å²) in [4.78, 5) is 15.0. The first-order valence-corrected chi connectivity index (χ1v) is 5.62. The average molecular weight is 228 g/mol. The van der Waals surface area contributed by atoms with E-state index < -0.39 is 11.5 Å². The third-order valence-electron chi connectivity index (χ3n) is 2.54. The normalized spacial score (nSPS) is 19.8. The minimum Gasteiger partial charge on any atom is -0.480 e. The Hall–Kier alpha value is -1.08. The molecule has 15 heavy (non-hydrogen) atoms. The molecule has 1 aromatic rings. The van der Waals surface area contributed by atoms with Gasteiger partial charge in [-0.15, -0.1) is 0 Å². The van der Waals surface area contributed by atoms with Crippen molar-refractivity contribution in [1.29, 1.82) is 0 Å². The summed E-state index contributed by atoms with van der Waals surface area (Å²) >= 11 is 1.30. The van der Waals surface area contributed by atoms with Crippen LogP contribution in [0.3, 0.4) is 0 Å². The first-order chi connectivity index (χ1) is 7.13. The van der Waals surface area contributed by atoms with Crippen LogP contribution in [0, 0.1) is 5.92 Å². The monoisotopic (exact) mass is 228 g/mol. The van der Waals surface area contributed by atoms with Crippen LogP contribution in [0.1, 0.15) is 12.8 Å². The largest absolute Gasteiger partial charge is 0.480 e. The molecule has 6 nitrogen and oxygen atoms in total. The smallest absolute Gasteiger partial charge is 0.324 e. The fourth-order valence-corrected chi connectivity index (χ4v) is 2.38. The summed E-state index contributed by atoms with van der Waals surface area (Å²) in [6.45, 7) is 0. The number of thioether (sulfide) groups is 1. The van der Waals surface area contributed by atoms with Crippen LogP contribution in [-0.2, 0) is 4.79 Å². The van der Waals surface area contributed by atoms with Crippen LogP contribution in [0.25, 0.3) is 0 Å². The number of carboxylic acids is 1. The third-order valence-corrected chi connectivity index (χ3v) is 3.64. The van der Waals surface area contributed by atoms with Gasteiger partial charge in [0.1, 0.15) is 11.9 Å². The van der Waals surface area contributed by atoms with Crippen molar-refractivity contribution in [2.75, 3.05) is 5.75 Å². The Kier molecular flexibility index (Phi) is 2.66. The van der Waals surface area contributed by atoms with Gasteiger partial charge in [0, 0.05) is 5.75 Å². The van der Waals surface area contributed by atoms with Crippen LogP contribution < -0.4 is 5.73 Å². The molecule has 7 heteroatoms. The van der Waals surface area contributed by atoms with Crippen molar-refractivity contribution >= 4 is 17.7 Å². The Labute approximate surface area is 90.7 Å². The van der Waals surface area contributed by atoms with Crippen molar-refractivity contribution in [1.82, 2.24) is 15.2 Å². The van der Waals surface area contributed by atoms with E-state index in [1.54, 1.807) is 0 Å².